The van der Waals surface area contributed by atoms with Crippen LogP contribution < -0.4 is 9.80 Å². The van der Waals surface area contributed by atoms with Crippen LogP contribution in [0.25, 0.3) is 24.3 Å². The number of nitrogens with zero attached hydrogens (tertiary/aromatic N) is 2. The highest BCUT2D eigenvalue weighted by molar-refractivity contribution is 5.82. The van der Waals surface area contributed by atoms with Gasteiger partial charge in [0.05, 0.1) is 0 Å². The van der Waals surface area contributed by atoms with Crippen molar-refractivity contribution in [3.05, 3.63) is 212 Å². The Morgan fingerprint density at radius 3 is 0.911 bits per heavy atom. The molecule has 0 saturated heterocycles. The third kappa shape index (κ3) is 8.61. The number of aryl methyl sites for hydroxylation is 8. The van der Waals surface area contributed by atoms with Gasteiger partial charge in [-0.05, 0) is 161 Å². The second-order valence-corrected chi connectivity index (χ2v) is 15.3. The molecule has 7 rings (SSSR count). The Balaban J connectivity index is 1.08. The van der Waals surface area contributed by atoms with Gasteiger partial charge in [-0.2, -0.15) is 0 Å². The quantitative estimate of drug-likeness (QED) is 0.129. The van der Waals surface area contributed by atoms with E-state index in [9.17, 15) is 0 Å². The minimum atomic E-state index is 1.14. The van der Waals surface area contributed by atoms with Gasteiger partial charge in [-0.15, -0.1) is 0 Å². The number of anilines is 6. The van der Waals surface area contributed by atoms with Gasteiger partial charge in [0, 0.05) is 34.1 Å². The molecule has 0 spiro atoms. The SMILES string of the molecule is Cc1ccc(N(c2ccc(C=Cc3cc(C)c(C=Cc4ccc(N(c5ccc(C)cc5)c5ccc(C)cc5C)cc4)cc3C)cc2)c2ccc(C)cc2C)cc1. The Hall–Kier alpha value is -6.38. The molecule has 0 aromatic heterocycles. The number of rotatable bonds is 10. The first-order chi connectivity index (χ1) is 27.0. The maximum atomic E-state index is 2.35. The standard InChI is InChI=1S/C54H52N2/c1-37-9-23-49(24-10-37)55(53-31-13-39(3)33-43(53)7)51-27-17-45(18-28-51)15-21-47-35-42(6)48(36-41(47)5)22-16-46-19-29-52(30-20-46)56(50-25-11-38(2)12-26-50)54-32-14-40(4)34-44(54)8/h9-36H,1-8H3. The van der Waals surface area contributed by atoms with Gasteiger partial charge in [-0.1, -0.05) is 131 Å². The molecular formula is C54H52N2. The third-order valence-corrected chi connectivity index (χ3v) is 10.6. The molecule has 0 saturated carbocycles. The monoisotopic (exact) mass is 728 g/mol. The minimum Gasteiger partial charge on any atom is -0.310 e. The fourth-order valence-electron chi connectivity index (χ4n) is 7.42. The van der Waals surface area contributed by atoms with Crippen LogP contribution in [0.3, 0.4) is 0 Å². The molecule has 0 unspecified atom stereocenters. The lowest BCUT2D eigenvalue weighted by molar-refractivity contribution is 1.23. The van der Waals surface area contributed by atoms with Gasteiger partial charge < -0.3 is 9.80 Å². The van der Waals surface area contributed by atoms with E-state index in [0.717, 1.165) is 22.7 Å². The van der Waals surface area contributed by atoms with Gasteiger partial charge in [-0.25, -0.2) is 0 Å². The van der Waals surface area contributed by atoms with Crippen LogP contribution in [-0.4, -0.2) is 0 Å². The third-order valence-electron chi connectivity index (χ3n) is 10.6. The van der Waals surface area contributed by atoms with E-state index in [4.69, 9.17) is 0 Å². The van der Waals surface area contributed by atoms with Crippen molar-refractivity contribution in [2.75, 3.05) is 9.80 Å². The van der Waals surface area contributed by atoms with Crippen molar-refractivity contribution in [1.82, 2.24) is 0 Å². The topological polar surface area (TPSA) is 6.48 Å². The largest absolute Gasteiger partial charge is 0.310 e. The maximum Gasteiger partial charge on any atom is 0.0490 e. The van der Waals surface area contributed by atoms with E-state index in [1.807, 2.05) is 0 Å². The molecule has 56 heavy (non-hydrogen) atoms. The van der Waals surface area contributed by atoms with Crippen LogP contribution in [0.15, 0.2) is 146 Å². The molecule has 0 radical (unpaired) electrons. The molecule has 2 heteroatoms. The summed E-state index contributed by atoms with van der Waals surface area (Å²) in [7, 11) is 0. The second kappa shape index (κ2) is 16.6. The Kier molecular flexibility index (Phi) is 11.2. The smallest absolute Gasteiger partial charge is 0.0490 e. The zero-order valence-corrected chi connectivity index (χ0v) is 34.1. The average molecular weight is 729 g/mol. The van der Waals surface area contributed by atoms with Gasteiger partial charge in [0.2, 0.25) is 0 Å². The van der Waals surface area contributed by atoms with Gasteiger partial charge in [0.25, 0.3) is 0 Å². The van der Waals surface area contributed by atoms with Crippen molar-refractivity contribution in [2.45, 2.75) is 55.4 Å². The molecule has 7 aromatic carbocycles. The summed E-state index contributed by atoms with van der Waals surface area (Å²) in [5.74, 6) is 0. The summed E-state index contributed by atoms with van der Waals surface area (Å²) in [6, 6.07) is 53.2. The Labute approximate surface area is 334 Å². The Bertz CT molecular complexity index is 2340. The van der Waals surface area contributed by atoms with E-state index in [0.29, 0.717) is 0 Å². The molecule has 0 aliphatic rings. The summed E-state index contributed by atoms with van der Waals surface area (Å²) >= 11 is 0. The van der Waals surface area contributed by atoms with Crippen LogP contribution in [0.2, 0.25) is 0 Å². The first-order valence-corrected chi connectivity index (χ1v) is 19.6. The van der Waals surface area contributed by atoms with Crippen LogP contribution in [0, 0.1) is 55.4 Å². The van der Waals surface area contributed by atoms with E-state index >= 15 is 0 Å². The molecule has 278 valence electrons. The van der Waals surface area contributed by atoms with Crippen LogP contribution in [0.4, 0.5) is 34.1 Å². The average Bonchev–Trinajstić information content (AvgIpc) is 3.18. The molecule has 0 fully saturated rings. The zero-order chi connectivity index (χ0) is 39.3. The summed E-state index contributed by atoms with van der Waals surface area (Å²) in [5, 5.41) is 0. The van der Waals surface area contributed by atoms with E-state index in [2.05, 4.69) is 235 Å². The highest BCUT2D eigenvalue weighted by Gasteiger charge is 2.16. The molecule has 2 nitrogen and oxygen atoms in total. The Morgan fingerprint density at radius 2 is 0.589 bits per heavy atom. The van der Waals surface area contributed by atoms with Crippen molar-refractivity contribution >= 4 is 58.4 Å². The number of hydrogen-bond donors (Lipinski definition) is 0. The van der Waals surface area contributed by atoms with Crippen molar-refractivity contribution < 1.29 is 0 Å². The van der Waals surface area contributed by atoms with Gasteiger partial charge >= 0.3 is 0 Å². The molecule has 0 N–H and O–H groups in total. The normalized spacial score (nSPS) is 11.4. The summed E-state index contributed by atoms with van der Waals surface area (Å²) in [6.45, 7) is 17.3. The predicted molar refractivity (Wildman–Crippen MR) is 244 cm³/mol. The molecular weight excluding hydrogens is 677 g/mol. The lowest BCUT2D eigenvalue weighted by atomic mass is 9.98. The van der Waals surface area contributed by atoms with E-state index < -0.39 is 0 Å². The summed E-state index contributed by atoms with van der Waals surface area (Å²) in [5.41, 5.74) is 21.8. The maximum absolute atomic E-state index is 2.35. The van der Waals surface area contributed by atoms with Gasteiger partial charge in [-0.3, -0.25) is 0 Å². The van der Waals surface area contributed by atoms with Crippen LogP contribution in [0.1, 0.15) is 66.8 Å². The fourth-order valence-corrected chi connectivity index (χ4v) is 7.42. The predicted octanol–water partition coefficient (Wildman–Crippen LogP) is 15.4. The highest BCUT2D eigenvalue weighted by Crippen LogP contribution is 2.39. The zero-order valence-electron chi connectivity index (χ0n) is 34.1. The fraction of sp³-hybridized carbons (Fsp3) is 0.148. The molecule has 0 aliphatic heterocycles. The lowest BCUT2D eigenvalue weighted by Gasteiger charge is -2.27. The summed E-state index contributed by atoms with van der Waals surface area (Å²) in [6.07, 6.45) is 8.91. The van der Waals surface area contributed by atoms with E-state index in [1.165, 1.54) is 78.1 Å². The van der Waals surface area contributed by atoms with Gasteiger partial charge in [0.15, 0.2) is 0 Å². The molecule has 7 aromatic rings. The van der Waals surface area contributed by atoms with Crippen molar-refractivity contribution in [3.8, 4) is 0 Å². The van der Waals surface area contributed by atoms with Crippen LogP contribution in [0.5, 0.6) is 0 Å². The number of hydrogen-bond acceptors (Lipinski definition) is 2. The molecule has 0 atom stereocenters. The summed E-state index contributed by atoms with van der Waals surface area (Å²) in [4.78, 5) is 4.70. The van der Waals surface area contributed by atoms with E-state index in [-0.39, 0.29) is 0 Å². The Morgan fingerprint density at radius 1 is 0.286 bits per heavy atom. The van der Waals surface area contributed by atoms with Crippen LogP contribution >= 0.6 is 0 Å². The first kappa shape index (κ1) is 37.9. The van der Waals surface area contributed by atoms with Crippen molar-refractivity contribution in [3.63, 3.8) is 0 Å². The highest BCUT2D eigenvalue weighted by atomic mass is 15.1. The molecule has 0 bridgehead atoms. The first-order valence-electron chi connectivity index (χ1n) is 19.6. The van der Waals surface area contributed by atoms with Crippen molar-refractivity contribution in [2.24, 2.45) is 0 Å². The minimum absolute atomic E-state index is 1.14. The number of benzene rings is 7. The summed E-state index contributed by atoms with van der Waals surface area (Å²) < 4.78 is 0. The molecule has 0 amide bonds. The second-order valence-electron chi connectivity index (χ2n) is 15.3. The van der Waals surface area contributed by atoms with E-state index in [1.54, 1.807) is 0 Å². The molecule has 0 heterocycles. The molecule has 0 aliphatic carbocycles. The lowest BCUT2D eigenvalue weighted by Crippen LogP contribution is -2.11. The van der Waals surface area contributed by atoms with Crippen LogP contribution in [-0.2, 0) is 0 Å². The van der Waals surface area contributed by atoms with Gasteiger partial charge in [0.1, 0.15) is 0 Å². The van der Waals surface area contributed by atoms with Crippen molar-refractivity contribution in [1.29, 1.82) is 0 Å².